The van der Waals surface area contributed by atoms with Crippen molar-refractivity contribution in [3.63, 3.8) is 0 Å². The molecule has 0 spiro atoms. The van der Waals surface area contributed by atoms with E-state index in [2.05, 4.69) is 9.80 Å². The first-order valence-corrected chi connectivity index (χ1v) is 7.62. The molecular formula is C16H23FN2O2. The molecule has 2 aliphatic rings. The third kappa shape index (κ3) is 3.05. The van der Waals surface area contributed by atoms with Crippen LogP contribution in [-0.2, 0) is 6.54 Å². The quantitative estimate of drug-likeness (QED) is 0.912. The maximum absolute atomic E-state index is 14.0. The Balaban J connectivity index is 1.76. The van der Waals surface area contributed by atoms with Gasteiger partial charge < -0.3 is 9.84 Å². The zero-order valence-corrected chi connectivity index (χ0v) is 12.5. The van der Waals surface area contributed by atoms with Gasteiger partial charge in [0.1, 0.15) is 11.6 Å². The van der Waals surface area contributed by atoms with Gasteiger partial charge in [0.05, 0.1) is 13.7 Å². The monoisotopic (exact) mass is 294 g/mol. The molecule has 2 heterocycles. The number of halogens is 1. The second-order valence-corrected chi connectivity index (χ2v) is 6.01. The third-order valence-corrected chi connectivity index (χ3v) is 4.74. The highest BCUT2D eigenvalue weighted by Crippen LogP contribution is 2.27. The topological polar surface area (TPSA) is 35.9 Å². The Morgan fingerprint density at radius 3 is 3.00 bits per heavy atom. The fraction of sp³-hybridized carbons (Fsp3) is 0.625. The first-order valence-electron chi connectivity index (χ1n) is 7.62. The van der Waals surface area contributed by atoms with Crippen molar-refractivity contribution in [2.75, 3.05) is 33.4 Å². The minimum atomic E-state index is -0.207. The second-order valence-electron chi connectivity index (χ2n) is 6.01. The van der Waals surface area contributed by atoms with E-state index >= 15 is 0 Å². The highest BCUT2D eigenvalue weighted by molar-refractivity contribution is 5.30. The van der Waals surface area contributed by atoms with Crippen molar-refractivity contribution in [3.8, 4) is 5.75 Å². The molecule has 1 aromatic rings. The van der Waals surface area contributed by atoms with Gasteiger partial charge in [-0.25, -0.2) is 4.39 Å². The van der Waals surface area contributed by atoms with Gasteiger partial charge in [0.15, 0.2) is 0 Å². The van der Waals surface area contributed by atoms with Gasteiger partial charge in [-0.15, -0.1) is 0 Å². The number of nitrogens with zero attached hydrogens (tertiary/aromatic N) is 2. The van der Waals surface area contributed by atoms with E-state index < -0.39 is 0 Å². The largest absolute Gasteiger partial charge is 0.497 e. The Bertz CT molecular complexity index is 497. The van der Waals surface area contributed by atoms with Gasteiger partial charge in [-0.3, -0.25) is 9.80 Å². The van der Waals surface area contributed by atoms with Crippen LogP contribution in [0, 0.1) is 5.82 Å². The predicted octanol–water partition coefficient (Wildman–Crippen LogP) is 1.48. The number of hydrogen-bond donors (Lipinski definition) is 1. The number of benzene rings is 1. The van der Waals surface area contributed by atoms with E-state index in [1.807, 2.05) is 0 Å². The Labute approximate surface area is 125 Å². The minimum absolute atomic E-state index is 0.0879. The molecular weight excluding hydrogens is 271 g/mol. The molecule has 5 heteroatoms. The second kappa shape index (κ2) is 6.30. The lowest BCUT2D eigenvalue weighted by molar-refractivity contribution is 0.0164. The summed E-state index contributed by atoms with van der Waals surface area (Å²) in [6.07, 6.45) is 2.43. The molecule has 0 bridgehead atoms. The normalized spacial score (nSPS) is 26.8. The number of piperazine rings is 1. The zero-order chi connectivity index (χ0) is 14.8. The Hall–Kier alpha value is -1.17. The fourth-order valence-corrected chi connectivity index (χ4v) is 3.53. The van der Waals surface area contributed by atoms with Gasteiger partial charge in [-0.2, -0.15) is 0 Å². The number of fused-ring (bicyclic) bond motifs is 1. The van der Waals surface area contributed by atoms with Gasteiger partial charge in [-0.1, -0.05) is 0 Å². The number of aliphatic hydroxyl groups is 1. The van der Waals surface area contributed by atoms with Crippen LogP contribution >= 0.6 is 0 Å². The average Bonchev–Trinajstić information content (AvgIpc) is 2.95. The molecule has 2 atom stereocenters. The van der Waals surface area contributed by atoms with Crippen LogP contribution in [0.2, 0.25) is 0 Å². The zero-order valence-electron chi connectivity index (χ0n) is 12.5. The van der Waals surface area contributed by atoms with Crippen molar-refractivity contribution in [1.29, 1.82) is 0 Å². The van der Waals surface area contributed by atoms with Crippen LogP contribution in [0.15, 0.2) is 18.2 Å². The summed E-state index contributed by atoms with van der Waals surface area (Å²) < 4.78 is 19.2. The third-order valence-electron chi connectivity index (χ3n) is 4.74. The van der Waals surface area contributed by atoms with Gasteiger partial charge >= 0.3 is 0 Å². The van der Waals surface area contributed by atoms with Crippen molar-refractivity contribution < 1.29 is 14.2 Å². The lowest BCUT2D eigenvalue weighted by atomic mass is 10.1. The van der Waals surface area contributed by atoms with E-state index in [1.54, 1.807) is 19.2 Å². The van der Waals surface area contributed by atoms with Crippen molar-refractivity contribution in [2.45, 2.75) is 31.5 Å². The molecule has 0 radical (unpaired) electrons. The van der Waals surface area contributed by atoms with Crippen LogP contribution < -0.4 is 4.74 Å². The number of methoxy groups -OCH3 is 1. The SMILES string of the molecule is COc1ccc(F)c(CN2C[C@@H]3CCCN3C[C@@H]2CO)c1. The van der Waals surface area contributed by atoms with Crippen LogP contribution in [-0.4, -0.2) is 60.3 Å². The van der Waals surface area contributed by atoms with Crippen molar-refractivity contribution in [3.05, 3.63) is 29.6 Å². The Morgan fingerprint density at radius 1 is 1.38 bits per heavy atom. The van der Waals surface area contributed by atoms with Gasteiger partial charge in [-0.05, 0) is 37.6 Å². The molecule has 2 fully saturated rings. The molecule has 0 aliphatic carbocycles. The van der Waals surface area contributed by atoms with Gasteiger partial charge in [0.2, 0.25) is 0 Å². The highest BCUT2D eigenvalue weighted by Gasteiger charge is 2.36. The summed E-state index contributed by atoms with van der Waals surface area (Å²) in [5.74, 6) is 0.466. The minimum Gasteiger partial charge on any atom is -0.497 e. The lowest BCUT2D eigenvalue weighted by Gasteiger charge is -2.43. The Kier molecular flexibility index (Phi) is 4.42. The van der Waals surface area contributed by atoms with Crippen LogP contribution in [0.25, 0.3) is 0 Å². The van der Waals surface area contributed by atoms with E-state index in [0.29, 0.717) is 23.9 Å². The van der Waals surface area contributed by atoms with Crippen molar-refractivity contribution in [1.82, 2.24) is 9.80 Å². The summed E-state index contributed by atoms with van der Waals surface area (Å²) in [7, 11) is 1.59. The maximum atomic E-state index is 14.0. The summed E-state index contributed by atoms with van der Waals surface area (Å²) in [6, 6.07) is 5.49. The molecule has 2 aliphatic heterocycles. The first-order chi connectivity index (χ1) is 10.2. The number of ether oxygens (including phenoxy) is 1. The van der Waals surface area contributed by atoms with Crippen LogP contribution in [0.5, 0.6) is 5.75 Å². The van der Waals surface area contributed by atoms with Crippen LogP contribution in [0.3, 0.4) is 0 Å². The summed E-state index contributed by atoms with van der Waals surface area (Å²) >= 11 is 0. The summed E-state index contributed by atoms with van der Waals surface area (Å²) in [5.41, 5.74) is 0.638. The van der Waals surface area contributed by atoms with E-state index in [9.17, 15) is 9.50 Å². The van der Waals surface area contributed by atoms with Gasteiger partial charge in [0, 0.05) is 37.3 Å². The fourth-order valence-electron chi connectivity index (χ4n) is 3.53. The number of rotatable bonds is 4. The molecule has 21 heavy (non-hydrogen) atoms. The Morgan fingerprint density at radius 2 is 2.24 bits per heavy atom. The molecule has 3 rings (SSSR count). The highest BCUT2D eigenvalue weighted by atomic mass is 19.1. The van der Waals surface area contributed by atoms with E-state index in [0.717, 1.165) is 19.6 Å². The molecule has 4 nitrogen and oxygen atoms in total. The van der Waals surface area contributed by atoms with E-state index in [-0.39, 0.29) is 18.5 Å². The summed E-state index contributed by atoms with van der Waals surface area (Å²) in [6.45, 7) is 3.56. The van der Waals surface area contributed by atoms with E-state index in [4.69, 9.17) is 4.74 Å². The molecule has 2 saturated heterocycles. The average molecular weight is 294 g/mol. The lowest BCUT2D eigenvalue weighted by Crippen LogP contribution is -2.56. The van der Waals surface area contributed by atoms with Crippen LogP contribution in [0.1, 0.15) is 18.4 Å². The predicted molar refractivity (Wildman–Crippen MR) is 78.8 cm³/mol. The molecule has 0 amide bonds. The molecule has 1 N–H and O–H groups in total. The molecule has 0 saturated carbocycles. The van der Waals surface area contributed by atoms with Crippen LogP contribution in [0.4, 0.5) is 4.39 Å². The van der Waals surface area contributed by atoms with E-state index in [1.165, 1.54) is 18.9 Å². The van der Waals surface area contributed by atoms with Crippen molar-refractivity contribution >= 4 is 0 Å². The summed E-state index contributed by atoms with van der Waals surface area (Å²) in [5, 5.41) is 9.64. The number of hydrogen-bond acceptors (Lipinski definition) is 4. The smallest absolute Gasteiger partial charge is 0.127 e. The number of aliphatic hydroxyl groups excluding tert-OH is 1. The maximum Gasteiger partial charge on any atom is 0.127 e. The standard InChI is InChI=1S/C16H23FN2O2/c1-21-15-4-5-16(17)12(7-15)8-19-9-13-3-2-6-18(13)10-14(19)11-20/h4-5,7,13-14,20H,2-3,6,8-11H2,1H3/t13-,14+/m0/s1. The first kappa shape index (κ1) is 14.8. The molecule has 116 valence electrons. The molecule has 1 aromatic carbocycles. The molecule has 0 unspecified atom stereocenters. The molecule has 0 aromatic heterocycles. The van der Waals surface area contributed by atoms with Crippen molar-refractivity contribution in [2.24, 2.45) is 0 Å². The van der Waals surface area contributed by atoms with Gasteiger partial charge in [0.25, 0.3) is 0 Å². The summed E-state index contributed by atoms with van der Waals surface area (Å²) in [4.78, 5) is 4.67.